The van der Waals surface area contributed by atoms with Crippen molar-refractivity contribution < 1.29 is 4.74 Å². The molecule has 0 radical (unpaired) electrons. The highest BCUT2D eigenvalue weighted by Crippen LogP contribution is 2.16. The second kappa shape index (κ2) is 6.83. The second-order valence-corrected chi connectivity index (χ2v) is 5.45. The van der Waals surface area contributed by atoms with Gasteiger partial charge in [-0.05, 0) is 25.7 Å². The molecule has 1 fully saturated rings. The first kappa shape index (κ1) is 14.9. The molecule has 1 unspecified atom stereocenters. The minimum absolute atomic E-state index is 0.279. The van der Waals surface area contributed by atoms with Crippen LogP contribution in [0, 0.1) is 0 Å². The Kier molecular flexibility index (Phi) is 4.62. The van der Waals surface area contributed by atoms with E-state index < -0.39 is 0 Å². The Morgan fingerprint density at radius 3 is 2.86 bits per heavy atom. The average Bonchev–Trinajstić information content (AvgIpc) is 3.20. The van der Waals surface area contributed by atoms with Gasteiger partial charge in [0, 0.05) is 12.8 Å². The van der Waals surface area contributed by atoms with E-state index >= 15 is 0 Å². The van der Waals surface area contributed by atoms with Crippen LogP contribution in [0.25, 0.3) is 0 Å². The number of aryl methyl sites for hydroxylation is 2. The van der Waals surface area contributed by atoms with Crippen LogP contribution in [0.3, 0.4) is 0 Å². The Morgan fingerprint density at radius 2 is 2.14 bits per heavy atom. The third-order valence-corrected chi connectivity index (χ3v) is 3.81. The van der Waals surface area contributed by atoms with E-state index in [0.717, 1.165) is 55.9 Å². The van der Waals surface area contributed by atoms with Crippen LogP contribution in [0.1, 0.15) is 38.1 Å². The molecular weight excluding hydrogens is 280 g/mol. The van der Waals surface area contributed by atoms with E-state index in [4.69, 9.17) is 4.74 Å². The van der Waals surface area contributed by atoms with E-state index in [1.165, 1.54) is 0 Å². The van der Waals surface area contributed by atoms with Gasteiger partial charge in [0.1, 0.15) is 0 Å². The van der Waals surface area contributed by atoms with Gasteiger partial charge in [-0.1, -0.05) is 13.8 Å². The molecular formula is C15H22N6O. The molecule has 22 heavy (non-hydrogen) atoms. The second-order valence-electron chi connectivity index (χ2n) is 5.45. The molecule has 0 saturated carbocycles. The molecule has 0 aliphatic carbocycles. The van der Waals surface area contributed by atoms with Gasteiger partial charge in [-0.15, -0.1) is 10.2 Å². The van der Waals surface area contributed by atoms with Crippen LogP contribution in [0.2, 0.25) is 0 Å². The first-order valence-corrected chi connectivity index (χ1v) is 7.92. The summed E-state index contributed by atoms with van der Waals surface area (Å²) >= 11 is 0. The molecule has 3 rings (SSSR count). The maximum atomic E-state index is 5.62. The van der Waals surface area contributed by atoms with Gasteiger partial charge in [-0.2, -0.15) is 5.10 Å². The number of nitrogens with zero attached hydrogens (tertiary/aromatic N) is 5. The van der Waals surface area contributed by atoms with Crippen molar-refractivity contribution >= 4 is 11.6 Å². The van der Waals surface area contributed by atoms with Crippen molar-refractivity contribution in [3.63, 3.8) is 0 Å². The van der Waals surface area contributed by atoms with Gasteiger partial charge in [0.15, 0.2) is 0 Å². The number of anilines is 2. The van der Waals surface area contributed by atoms with Crippen molar-refractivity contribution in [1.29, 1.82) is 0 Å². The Bertz CT molecular complexity index is 620. The van der Waals surface area contributed by atoms with Crippen molar-refractivity contribution in [2.75, 3.05) is 11.9 Å². The first-order valence-electron chi connectivity index (χ1n) is 7.92. The molecule has 2 aromatic rings. The lowest BCUT2D eigenvalue weighted by Crippen LogP contribution is -2.15. The van der Waals surface area contributed by atoms with E-state index in [2.05, 4.69) is 39.4 Å². The van der Waals surface area contributed by atoms with E-state index in [-0.39, 0.29) is 6.10 Å². The van der Waals surface area contributed by atoms with E-state index in [1.54, 1.807) is 6.20 Å². The summed E-state index contributed by atoms with van der Waals surface area (Å²) in [4.78, 5) is 4.52. The minimum atomic E-state index is 0.279. The monoisotopic (exact) mass is 302 g/mol. The molecule has 0 spiro atoms. The Morgan fingerprint density at radius 1 is 1.27 bits per heavy atom. The normalized spacial score (nSPS) is 17.8. The fourth-order valence-corrected chi connectivity index (χ4v) is 2.65. The predicted octanol–water partition coefficient (Wildman–Crippen LogP) is 2.12. The zero-order chi connectivity index (χ0) is 15.4. The lowest BCUT2D eigenvalue weighted by atomic mass is 10.2. The van der Waals surface area contributed by atoms with E-state index in [9.17, 15) is 0 Å². The summed E-state index contributed by atoms with van der Waals surface area (Å²) in [6, 6.07) is 0. The standard InChI is InChI=1S/C15H22N6O/c1-3-13-14(4-2)19-20-15(18-13)17-11-8-16-21(9-11)10-12-6-5-7-22-12/h8-9,12H,3-7,10H2,1-2H3,(H,17,18,20). The van der Waals surface area contributed by atoms with Gasteiger partial charge in [0.2, 0.25) is 5.95 Å². The van der Waals surface area contributed by atoms with Crippen molar-refractivity contribution in [2.24, 2.45) is 0 Å². The van der Waals surface area contributed by atoms with Crippen LogP contribution < -0.4 is 5.32 Å². The number of hydrogen-bond donors (Lipinski definition) is 1. The van der Waals surface area contributed by atoms with Crippen molar-refractivity contribution in [2.45, 2.75) is 52.2 Å². The highest BCUT2D eigenvalue weighted by atomic mass is 16.5. The predicted molar refractivity (Wildman–Crippen MR) is 83.1 cm³/mol. The summed E-state index contributed by atoms with van der Waals surface area (Å²) in [5.74, 6) is 0.519. The lowest BCUT2D eigenvalue weighted by molar-refractivity contribution is 0.0940. The number of rotatable bonds is 6. The maximum absolute atomic E-state index is 5.62. The van der Waals surface area contributed by atoms with Crippen LogP contribution in [0.4, 0.5) is 11.6 Å². The molecule has 118 valence electrons. The van der Waals surface area contributed by atoms with Crippen molar-refractivity contribution in [1.82, 2.24) is 25.0 Å². The zero-order valence-corrected chi connectivity index (χ0v) is 13.1. The quantitative estimate of drug-likeness (QED) is 0.880. The van der Waals surface area contributed by atoms with Crippen molar-refractivity contribution in [3.05, 3.63) is 23.8 Å². The van der Waals surface area contributed by atoms with Gasteiger partial charge in [0.05, 0.1) is 35.9 Å². The summed E-state index contributed by atoms with van der Waals surface area (Å²) in [5.41, 5.74) is 2.82. The fraction of sp³-hybridized carbons (Fsp3) is 0.600. The molecule has 2 aromatic heterocycles. The molecule has 1 aliphatic heterocycles. The first-order chi connectivity index (χ1) is 10.8. The molecule has 0 aromatic carbocycles. The van der Waals surface area contributed by atoms with Gasteiger partial charge in [-0.25, -0.2) is 4.98 Å². The number of nitrogens with one attached hydrogen (secondary N) is 1. The van der Waals surface area contributed by atoms with Crippen LogP contribution in [0.5, 0.6) is 0 Å². The smallest absolute Gasteiger partial charge is 0.247 e. The van der Waals surface area contributed by atoms with Gasteiger partial charge in [-0.3, -0.25) is 4.68 Å². The maximum Gasteiger partial charge on any atom is 0.247 e. The number of hydrogen-bond acceptors (Lipinski definition) is 6. The van der Waals surface area contributed by atoms with E-state index in [1.807, 2.05) is 10.9 Å². The number of aromatic nitrogens is 5. The summed E-state index contributed by atoms with van der Waals surface area (Å²) < 4.78 is 7.52. The molecule has 3 heterocycles. The number of ether oxygens (including phenoxy) is 1. The molecule has 1 aliphatic rings. The SMILES string of the molecule is CCc1nnc(Nc2cnn(CC3CCCO3)c2)nc1CC. The van der Waals surface area contributed by atoms with Gasteiger partial charge >= 0.3 is 0 Å². The van der Waals surface area contributed by atoms with Gasteiger partial charge < -0.3 is 10.1 Å². The van der Waals surface area contributed by atoms with Crippen molar-refractivity contribution in [3.8, 4) is 0 Å². The summed E-state index contributed by atoms with van der Waals surface area (Å²) in [6.07, 6.45) is 7.95. The Hall–Kier alpha value is -2.02. The Labute approximate surface area is 130 Å². The summed E-state index contributed by atoms with van der Waals surface area (Å²) in [5, 5.41) is 15.9. The third-order valence-electron chi connectivity index (χ3n) is 3.81. The molecule has 1 saturated heterocycles. The highest BCUT2D eigenvalue weighted by Gasteiger charge is 2.16. The van der Waals surface area contributed by atoms with Gasteiger partial charge in [0.25, 0.3) is 0 Å². The highest BCUT2D eigenvalue weighted by molar-refractivity contribution is 5.50. The zero-order valence-electron chi connectivity index (χ0n) is 13.1. The third kappa shape index (κ3) is 3.41. The molecule has 1 N–H and O–H groups in total. The van der Waals surface area contributed by atoms with E-state index in [0.29, 0.717) is 5.95 Å². The fourth-order valence-electron chi connectivity index (χ4n) is 2.65. The average molecular weight is 302 g/mol. The Balaban J connectivity index is 1.66. The van der Waals surface area contributed by atoms with Crippen LogP contribution in [-0.2, 0) is 24.1 Å². The molecule has 7 nitrogen and oxygen atoms in total. The summed E-state index contributed by atoms with van der Waals surface area (Å²) in [7, 11) is 0. The summed E-state index contributed by atoms with van der Waals surface area (Å²) in [6.45, 7) is 5.79. The lowest BCUT2D eigenvalue weighted by Gasteiger charge is -2.08. The van der Waals surface area contributed by atoms with Crippen LogP contribution >= 0.6 is 0 Å². The largest absolute Gasteiger partial charge is 0.376 e. The molecule has 1 atom stereocenters. The molecule has 0 amide bonds. The van der Waals surface area contributed by atoms with Crippen LogP contribution in [-0.4, -0.2) is 37.7 Å². The molecule has 7 heteroatoms. The topological polar surface area (TPSA) is 77.8 Å². The minimum Gasteiger partial charge on any atom is -0.376 e. The molecule has 0 bridgehead atoms. The van der Waals surface area contributed by atoms with Crippen LogP contribution in [0.15, 0.2) is 12.4 Å².